The van der Waals surface area contributed by atoms with E-state index in [4.69, 9.17) is 17.7 Å². The number of benzene rings is 1. The van der Waals surface area contributed by atoms with Gasteiger partial charge >= 0.3 is 17.1 Å². The molecule has 3 atom stereocenters. The summed E-state index contributed by atoms with van der Waals surface area (Å²) >= 11 is 2.26. The van der Waals surface area contributed by atoms with Crippen LogP contribution in [0.1, 0.15) is 67.4 Å². The molecule has 5 nitrogen and oxygen atoms in total. The molecule has 0 aromatic heterocycles. The van der Waals surface area contributed by atoms with Crippen molar-refractivity contribution in [1.82, 2.24) is 0 Å². The van der Waals surface area contributed by atoms with E-state index in [1.165, 1.54) is 0 Å². The first-order valence-corrected chi connectivity index (χ1v) is 16.6. The summed E-state index contributed by atoms with van der Waals surface area (Å²) in [6.45, 7) is 18.1. The van der Waals surface area contributed by atoms with Gasteiger partial charge in [-0.25, -0.2) is 0 Å². The predicted molar refractivity (Wildman–Crippen MR) is 136 cm³/mol. The summed E-state index contributed by atoms with van der Waals surface area (Å²) in [6, 6.07) is 7.87. The lowest BCUT2D eigenvalue weighted by Crippen LogP contribution is -2.65. The molecule has 0 aliphatic carbocycles. The van der Waals surface area contributed by atoms with E-state index in [9.17, 15) is 5.11 Å². The highest BCUT2D eigenvalue weighted by Gasteiger charge is 2.61. The van der Waals surface area contributed by atoms with Crippen LogP contribution in [0.4, 0.5) is 0 Å². The van der Waals surface area contributed by atoms with Crippen molar-refractivity contribution in [1.29, 1.82) is 0 Å². The van der Waals surface area contributed by atoms with Gasteiger partial charge in [0.05, 0.1) is 12.7 Å². The molecule has 2 fully saturated rings. The van der Waals surface area contributed by atoms with Crippen molar-refractivity contribution in [2.75, 3.05) is 6.61 Å². The van der Waals surface area contributed by atoms with E-state index in [1.54, 1.807) is 0 Å². The van der Waals surface area contributed by atoms with E-state index in [0.717, 1.165) is 9.13 Å². The van der Waals surface area contributed by atoms with Gasteiger partial charge < -0.3 is 22.8 Å². The van der Waals surface area contributed by atoms with Gasteiger partial charge in [0.15, 0.2) is 5.79 Å². The Labute approximate surface area is 203 Å². The summed E-state index contributed by atoms with van der Waals surface area (Å²) in [5.74, 6) is -1.38. The number of rotatable bonds is 5. The predicted octanol–water partition coefficient (Wildman–Crippen LogP) is 6.18. The maximum absolute atomic E-state index is 11.5. The molecule has 2 aliphatic rings. The van der Waals surface area contributed by atoms with E-state index in [1.807, 2.05) is 24.3 Å². The minimum atomic E-state index is -2.70. The zero-order valence-corrected chi connectivity index (χ0v) is 24.3. The van der Waals surface area contributed by atoms with Gasteiger partial charge in [-0.2, -0.15) is 0 Å². The molecule has 3 rings (SSSR count). The van der Waals surface area contributed by atoms with Crippen molar-refractivity contribution >= 4 is 39.7 Å². The van der Waals surface area contributed by atoms with Crippen LogP contribution in [0.3, 0.4) is 0 Å². The van der Waals surface area contributed by atoms with Gasteiger partial charge in [-0.3, -0.25) is 0 Å². The lowest BCUT2D eigenvalue weighted by Gasteiger charge is -2.51. The molecule has 31 heavy (non-hydrogen) atoms. The van der Waals surface area contributed by atoms with Gasteiger partial charge in [-0.05, 0) is 56.9 Å². The zero-order valence-electron chi connectivity index (χ0n) is 20.1. The van der Waals surface area contributed by atoms with Crippen LogP contribution in [0.2, 0.25) is 22.2 Å². The minimum Gasteiger partial charge on any atom is -0.414 e. The molecule has 0 spiro atoms. The average molecular weight is 579 g/mol. The molecule has 0 amide bonds. The number of hydrogen-bond acceptors (Lipinski definition) is 5. The van der Waals surface area contributed by atoms with Crippen LogP contribution in [-0.4, -0.2) is 41.0 Å². The smallest absolute Gasteiger partial charge is 0.335 e. The molecule has 2 saturated heterocycles. The normalized spacial score (nSPS) is 30.6. The van der Waals surface area contributed by atoms with Gasteiger partial charge in [0, 0.05) is 15.6 Å². The molecule has 1 aromatic rings. The van der Waals surface area contributed by atoms with Crippen LogP contribution in [0.5, 0.6) is 0 Å². The molecule has 2 aliphatic heterocycles. The largest absolute Gasteiger partial charge is 0.414 e. The average Bonchev–Trinajstić information content (AvgIpc) is 2.97. The second-order valence-electron chi connectivity index (χ2n) is 10.3. The van der Waals surface area contributed by atoms with E-state index in [2.05, 4.69) is 78.0 Å². The fourth-order valence-electron chi connectivity index (χ4n) is 5.12. The Morgan fingerprint density at radius 1 is 0.935 bits per heavy atom. The third kappa shape index (κ3) is 4.73. The first-order chi connectivity index (χ1) is 14.4. The van der Waals surface area contributed by atoms with Crippen molar-refractivity contribution in [2.45, 2.75) is 102 Å². The van der Waals surface area contributed by atoms with Gasteiger partial charge in [-0.15, -0.1) is 0 Å². The van der Waals surface area contributed by atoms with Gasteiger partial charge in [-0.1, -0.05) is 67.5 Å². The third-order valence-electron chi connectivity index (χ3n) is 6.86. The van der Waals surface area contributed by atoms with Crippen molar-refractivity contribution in [3.05, 3.63) is 33.4 Å². The molecule has 8 heteroatoms. The van der Waals surface area contributed by atoms with Crippen molar-refractivity contribution in [3.8, 4) is 0 Å². The Morgan fingerprint density at radius 2 is 1.52 bits per heavy atom. The standard InChI is InChI=1S/C23H39IO5Si2/c1-15(2)30(16(3)4)26-14-22-21(28-31(29-30,17(5)6)18(7)8)13-23(25,27-22)19-10-9-11-20(24)12-19/h9-12,15-18,21-22,25H,13-14H2,1-8H3/t21-,22+,23?/m0/s1. The number of halogens is 1. The van der Waals surface area contributed by atoms with Crippen molar-refractivity contribution in [2.24, 2.45) is 0 Å². The van der Waals surface area contributed by atoms with Gasteiger partial charge in [0.1, 0.15) is 6.10 Å². The maximum atomic E-state index is 11.5. The Balaban J connectivity index is 2.04. The second-order valence-corrected chi connectivity index (χ2v) is 20.4. The minimum absolute atomic E-state index is 0.255. The lowest BCUT2D eigenvalue weighted by molar-refractivity contribution is -0.206. The quantitative estimate of drug-likeness (QED) is 0.334. The molecule has 1 unspecified atom stereocenters. The fourth-order valence-corrected chi connectivity index (χ4v) is 16.9. The van der Waals surface area contributed by atoms with Crippen LogP contribution < -0.4 is 0 Å². The van der Waals surface area contributed by atoms with Crippen LogP contribution in [-0.2, 0) is 23.5 Å². The Bertz CT molecular complexity index is 756. The number of fused-ring (bicyclic) bond motifs is 1. The van der Waals surface area contributed by atoms with Crippen LogP contribution in [0, 0.1) is 3.57 Å². The third-order valence-corrected chi connectivity index (χ3v) is 17.8. The monoisotopic (exact) mass is 578 g/mol. The summed E-state index contributed by atoms with van der Waals surface area (Å²) in [6.07, 6.45) is -0.192. The molecule has 1 N–H and O–H groups in total. The molecule has 1 aromatic carbocycles. The van der Waals surface area contributed by atoms with Crippen LogP contribution in [0.25, 0.3) is 0 Å². The number of aliphatic hydroxyl groups is 1. The van der Waals surface area contributed by atoms with E-state index in [0.29, 0.717) is 13.0 Å². The van der Waals surface area contributed by atoms with E-state index >= 15 is 0 Å². The molecular weight excluding hydrogens is 539 g/mol. The highest BCUT2D eigenvalue weighted by atomic mass is 127. The molecule has 2 heterocycles. The Hall–Kier alpha value is 0.184. The second kappa shape index (κ2) is 9.44. The van der Waals surface area contributed by atoms with Crippen LogP contribution >= 0.6 is 22.6 Å². The Kier molecular flexibility index (Phi) is 7.86. The summed E-state index contributed by atoms with van der Waals surface area (Å²) < 4.78 is 28.4. The molecular formula is C23H39IO5Si2. The van der Waals surface area contributed by atoms with Crippen molar-refractivity contribution < 1.29 is 22.8 Å². The Morgan fingerprint density at radius 3 is 2.03 bits per heavy atom. The highest BCUT2D eigenvalue weighted by Crippen LogP contribution is 2.49. The van der Waals surface area contributed by atoms with E-state index in [-0.39, 0.29) is 34.4 Å². The summed E-state index contributed by atoms with van der Waals surface area (Å²) in [5.41, 5.74) is 1.85. The van der Waals surface area contributed by atoms with E-state index < -0.39 is 22.9 Å². The highest BCUT2D eigenvalue weighted by molar-refractivity contribution is 14.1. The molecule has 0 radical (unpaired) electrons. The molecule has 0 bridgehead atoms. The number of ether oxygens (including phenoxy) is 1. The fraction of sp³-hybridized carbons (Fsp3) is 0.739. The summed E-state index contributed by atoms with van der Waals surface area (Å²) in [7, 11) is -5.30. The molecule has 176 valence electrons. The first-order valence-electron chi connectivity index (χ1n) is 11.5. The van der Waals surface area contributed by atoms with Gasteiger partial charge in [0.2, 0.25) is 0 Å². The lowest BCUT2D eigenvalue weighted by atomic mass is 10.0. The van der Waals surface area contributed by atoms with Gasteiger partial charge in [0.25, 0.3) is 0 Å². The zero-order chi connectivity index (χ0) is 23.2. The summed E-state index contributed by atoms with van der Waals surface area (Å²) in [5, 5.41) is 11.5. The SMILES string of the molecule is CC(C)[Si]1(C(C)C)OC[C@H]2OC(O)(c3cccc(I)c3)C[C@@H]2O[Si](C(C)C)(C(C)C)O1. The maximum Gasteiger partial charge on any atom is 0.335 e. The topological polar surface area (TPSA) is 57.2 Å². The summed E-state index contributed by atoms with van der Waals surface area (Å²) in [4.78, 5) is 0. The van der Waals surface area contributed by atoms with Crippen molar-refractivity contribution in [3.63, 3.8) is 0 Å². The molecule has 0 saturated carbocycles. The first kappa shape index (κ1) is 25.8. The van der Waals surface area contributed by atoms with Crippen LogP contribution in [0.15, 0.2) is 24.3 Å². The number of hydrogen-bond donors (Lipinski definition) is 1.